The zero-order valence-corrected chi connectivity index (χ0v) is 21.6. The lowest BCUT2D eigenvalue weighted by atomic mass is 10.2. The van der Waals surface area contributed by atoms with Gasteiger partial charge in [0.2, 0.25) is 0 Å². The Labute approximate surface area is 224 Å². The van der Waals surface area contributed by atoms with Gasteiger partial charge >= 0.3 is 5.69 Å². The summed E-state index contributed by atoms with van der Waals surface area (Å²) in [6, 6.07) is 14.6. The largest absolute Gasteiger partial charge is 0.477 e. The van der Waals surface area contributed by atoms with Crippen molar-refractivity contribution < 1.29 is 18.8 Å². The molecule has 0 aliphatic rings. The van der Waals surface area contributed by atoms with Crippen molar-refractivity contribution in [1.82, 2.24) is 9.66 Å². The number of nitrogens with one attached hydrogen (secondary N) is 1. The Kier molecular flexibility index (Phi) is 8.22. The van der Waals surface area contributed by atoms with Gasteiger partial charge in [-0.25, -0.2) is 9.37 Å². The summed E-state index contributed by atoms with van der Waals surface area (Å²) in [6.45, 7) is 1.42. The number of aryl methyl sites for hydroxylation is 1. The number of carbonyl (C=O) groups excluding carboxylic acids is 1. The van der Waals surface area contributed by atoms with E-state index in [-0.39, 0.29) is 17.0 Å². The van der Waals surface area contributed by atoms with Crippen LogP contribution in [0.2, 0.25) is 0 Å². The highest BCUT2D eigenvalue weighted by molar-refractivity contribution is 9.10. The molecular weight excluding hydrogens is 561 g/mol. The van der Waals surface area contributed by atoms with E-state index >= 15 is 0 Å². The number of fused-ring (bicyclic) bond motifs is 1. The Bertz CT molecular complexity index is 1620. The summed E-state index contributed by atoms with van der Waals surface area (Å²) in [7, 11) is 0. The zero-order valence-electron chi connectivity index (χ0n) is 20.1. The van der Waals surface area contributed by atoms with Crippen molar-refractivity contribution in [1.29, 1.82) is 0 Å². The molecule has 12 heteroatoms. The van der Waals surface area contributed by atoms with Crippen molar-refractivity contribution >= 4 is 50.3 Å². The molecule has 0 saturated heterocycles. The number of nitro benzene ring substituents is 1. The van der Waals surface area contributed by atoms with Crippen molar-refractivity contribution in [3.05, 3.63) is 103 Å². The molecule has 10 nitrogen and oxygen atoms in total. The minimum absolute atomic E-state index is 0.136. The molecule has 1 heterocycles. The number of anilines is 1. The van der Waals surface area contributed by atoms with Crippen LogP contribution in [0.25, 0.3) is 10.9 Å². The first-order valence-electron chi connectivity index (χ1n) is 11.5. The Morgan fingerprint density at radius 1 is 1.24 bits per heavy atom. The Hall–Kier alpha value is -4.45. The van der Waals surface area contributed by atoms with Gasteiger partial charge in [-0.3, -0.25) is 19.7 Å². The summed E-state index contributed by atoms with van der Waals surface area (Å²) in [6.07, 6.45) is 2.55. The predicted molar refractivity (Wildman–Crippen MR) is 144 cm³/mol. The number of ether oxygens (including phenoxy) is 1. The number of rotatable bonds is 9. The average Bonchev–Trinajstić information content (AvgIpc) is 2.88. The highest BCUT2D eigenvalue weighted by Crippen LogP contribution is 2.27. The number of hydrogen-bond donors (Lipinski definition) is 1. The first kappa shape index (κ1) is 26.6. The SMILES string of the molecule is CCCc1nc2ccc(Br)cc2c(=O)n1N=Cc1ccc(OCC(=O)Nc2cccc(F)c2)c([N+](=O)[O-])c1. The van der Waals surface area contributed by atoms with Crippen molar-refractivity contribution in [2.75, 3.05) is 11.9 Å². The molecule has 0 atom stereocenters. The van der Waals surface area contributed by atoms with Crippen LogP contribution >= 0.6 is 15.9 Å². The number of amides is 1. The van der Waals surface area contributed by atoms with Crippen LogP contribution in [0, 0.1) is 15.9 Å². The molecule has 0 aliphatic heterocycles. The van der Waals surface area contributed by atoms with E-state index in [1.165, 1.54) is 47.3 Å². The quantitative estimate of drug-likeness (QED) is 0.167. The standard InChI is InChI=1S/C26H21BrFN5O5/c1-2-4-24-31-21-9-8-17(27)12-20(21)26(35)32(24)29-14-16-7-10-23(22(11-16)33(36)37)38-15-25(34)30-19-6-3-5-18(28)13-19/h3,5-14H,2,4,15H2,1H3,(H,30,34). The van der Waals surface area contributed by atoms with Crippen LogP contribution in [-0.2, 0) is 11.2 Å². The average molecular weight is 582 g/mol. The summed E-state index contributed by atoms with van der Waals surface area (Å²) >= 11 is 3.36. The third kappa shape index (κ3) is 6.27. The summed E-state index contributed by atoms with van der Waals surface area (Å²) in [4.78, 5) is 40.8. The van der Waals surface area contributed by atoms with E-state index in [4.69, 9.17) is 4.74 Å². The number of benzene rings is 3. The number of carbonyl (C=O) groups is 1. The Morgan fingerprint density at radius 3 is 2.79 bits per heavy atom. The number of nitro groups is 1. The van der Waals surface area contributed by atoms with E-state index < -0.39 is 28.9 Å². The fraction of sp³-hybridized carbons (Fsp3) is 0.154. The lowest BCUT2D eigenvalue weighted by Gasteiger charge is -2.09. The van der Waals surface area contributed by atoms with Crippen LogP contribution in [0.3, 0.4) is 0 Å². The van der Waals surface area contributed by atoms with E-state index in [1.807, 2.05) is 6.92 Å². The third-order valence-corrected chi connectivity index (χ3v) is 5.81. The van der Waals surface area contributed by atoms with E-state index in [9.17, 15) is 24.1 Å². The maximum Gasteiger partial charge on any atom is 0.311 e. The molecule has 0 radical (unpaired) electrons. The van der Waals surface area contributed by atoms with Crippen molar-refractivity contribution in [3.8, 4) is 5.75 Å². The molecule has 0 unspecified atom stereocenters. The molecule has 0 bridgehead atoms. The smallest absolute Gasteiger partial charge is 0.311 e. The van der Waals surface area contributed by atoms with Gasteiger partial charge in [-0.05, 0) is 55.0 Å². The van der Waals surface area contributed by atoms with Gasteiger partial charge in [-0.15, -0.1) is 0 Å². The summed E-state index contributed by atoms with van der Waals surface area (Å²) in [5, 5.41) is 18.8. The van der Waals surface area contributed by atoms with Gasteiger partial charge in [-0.1, -0.05) is 28.9 Å². The maximum atomic E-state index is 13.3. The first-order chi connectivity index (χ1) is 18.2. The van der Waals surface area contributed by atoms with Gasteiger partial charge in [0.05, 0.1) is 22.0 Å². The maximum absolute atomic E-state index is 13.3. The predicted octanol–water partition coefficient (Wildman–Crippen LogP) is 5.06. The second kappa shape index (κ2) is 11.7. The molecule has 4 aromatic rings. The zero-order chi connectivity index (χ0) is 27.2. The second-order valence-corrected chi connectivity index (χ2v) is 9.05. The molecule has 1 N–H and O–H groups in total. The molecule has 3 aromatic carbocycles. The number of nitrogens with zero attached hydrogens (tertiary/aromatic N) is 4. The van der Waals surface area contributed by atoms with Gasteiger partial charge in [0.1, 0.15) is 11.6 Å². The first-order valence-corrected chi connectivity index (χ1v) is 12.3. The molecule has 194 valence electrons. The lowest BCUT2D eigenvalue weighted by molar-refractivity contribution is -0.385. The van der Waals surface area contributed by atoms with Crippen LogP contribution in [0.15, 0.2) is 75.0 Å². The molecule has 4 rings (SSSR count). The van der Waals surface area contributed by atoms with E-state index in [0.717, 1.165) is 17.0 Å². The van der Waals surface area contributed by atoms with E-state index in [0.29, 0.717) is 28.7 Å². The molecule has 0 spiro atoms. The topological polar surface area (TPSA) is 129 Å². The van der Waals surface area contributed by atoms with Gasteiger partial charge in [-0.2, -0.15) is 9.78 Å². The van der Waals surface area contributed by atoms with E-state index in [2.05, 4.69) is 31.3 Å². The molecule has 0 aliphatic carbocycles. The van der Waals surface area contributed by atoms with Crippen molar-refractivity contribution in [2.24, 2.45) is 5.10 Å². The summed E-state index contributed by atoms with van der Waals surface area (Å²) in [5.41, 5.74) is 0.348. The van der Waals surface area contributed by atoms with Crippen LogP contribution < -0.4 is 15.6 Å². The Morgan fingerprint density at radius 2 is 2.05 bits per heavy atom. The monoisotopic (exact) mass is 581 g/mol. The fourth-order valence-corrected chi connectivity index (χ4v) is 3.97. The van der Waals surface area contributed by atoms with Crippen LogP contribution in [0.5, 0.6) is 5.75 Å². The number of halogens is 2. The van der Waals surface area contributed by atoms with Crippen molar-refractivity contribution in [3.63, 3.8) is 0 Å². The highest BCUT2D eigenvalue weighted by Gasteiger charge is 2.17. The number of aromatic nitrogens is 2. The highest BCUT2D eigenvalue weighted by atomic mass is 79.9. The summed E-state index contributed by atoms with van der Waals surface area (Å²) in [5.74, 6) is -0.813. The fourth-order valence-electron chi connectivity index (χ4n) is 3.61. The molecule has 1 aromatic heterocycles. The second-order valence-electron chi connectivity index (χ2n) is 8.13. The number of hydrogen-bond acceptors (Lipinski definition) is 7. The molecule has 0 fully saturated rings. The van der Waals surface area contributed by atoms with Gasteiger partial charge in [0, 0.05) is 28.2 Å². The van der Waals surface area contributed by atoms with Crippen LogP contribution in [-0.4, -0.2) is 33.3 Å². The van der Waals surface area contributed by atoms with Crippen LogP contribution in [0.4, 0.5) is 15.8 Å². The minimum Gasteiger partial charge on any atom is -0.477 e. The summed E-state index contributed by atoms with van der Waals surface area (Å²) < 4.78 is 20.5. The van der Waals surface area contributed by atoms with Gasteiger partial charge in [0.25, 0.3) is 11.5 Å². The van der Waals surface area contributed by atoms with Gasteiger partial charge < -0.3 is 10.1 Å². The molecular formula is C26H21BrFN5O5. The van der Waals surface area contributed by atoms with E-state index in [1.54, 1.807) is 18.2 Å². The van der Waals surface area contributed by atoms with Crippen LogP contribution in [0.1, 0.15) is 24.7 Å². The van der Waals surface area contributed by atoms with Gasteiger partial charge in [0.15, 0.2) is 12.4 Å². The Balaban J connectivity index is 1.57. The molecule has 38 heavy (non-hydrogen) atoms. The molecule has 0 saturated carbocycles. The lowest BCUT2D eigenvalue weighted by Crippen LogP contribution is -2.22. The van der Waals surface area contributed by atoms with Crippen molar-refractivity contribution in [2.45, 2.75) is 19.8 Å². The normalized spacial score (nSPS) is 11.1. The third-order valence-electron chi connectivity index (χ3n) is 5.32. The molecule has 1 amide bonds. The minimum atomic E-state index is -0.652.